The van der Waals surface area contributed by atoms with Crippen molar-refractivity contribution >= 4 is 32.8 Å². The molecule has 0 saturated carbocycles. The predicted octanol–water partition coefficient (Wildman–Crippen LogP) is 6.98. The average Bonchev–Trinajstić information content (AvgIpc) is 2.80. The Labute approximate surface area is 194 Å². The van der Waals surface area contributed by atoms with Gasteiger partial charge in [-0.3, -0.25) is 0 Å². The van der Waals surface area contributed by atoms with E-state index in [2.05, 4.69) is 27.0 Å². The lowest BCUT2D eigenvalue weighted by Gasteiger charge is -2.16. The Balaban J connectivity index is 1.80. The molecule has 1 heterocycles. The first kappa shape index (κ1) is 21.5. The van der Waals surface area contributed by atoms with Crippen LogP contribution in [-0.2, 0) is 6.42 Å². The Morgan fingerprint density at radius 3 is 2.56 bits per heavy atom. The number of aryl methyl sites for hydroxylation is 1. The van der Waals surface area contributed by atoms with Crippen LogP contribution in [-0.4, -0.2) is 16.1 Å². The maximum Gasteiger partial charge on any atom is 0.340 e. The number of hydrogen-bond acceptors (Lipinski definition) is 4. The monoisotopic (exact) mass is 486 g/mol. The molecule has 32 heavy (non-hydrogen) atoms. The normalized spacial score (nSPS) is 10.7. The van der Waals surface area contributed by atoms with Gasteiger partial charge in [0.1, 0.15) is 11.3 Å². The van der Waals surface area contributed by atoms with Crippen molar-refractivity contribution < 1.29 is 14.6 Å². The summed E-state index contributed by atoms with van der Waals surface area (Å²) in [5, 5.41) is 19.9. The SMILES string of the molecule is CCCc1nc2ccc(Br)cc2c(C(=O)O)c1Oc1ccc(-c2ccccc2C#N)cc1. The molecule has 0 aliphatic rings. The maximum atomic E-state index is 12.2. The number of ether oxygens (including phenoxy) is 1. The van der Waals surface area contributed by atoms with E-state index in [1.54, 1.807) is 30.3 Å². The van der Waals surface area contributed by atoms with Gasteiger partial charge in [-0.05, 0) is 53.9 Å². The molecule has 0 amide bonds. The van der Waals surface area contributed by atoms with Crippen molar-refractivity contribution in [2.75, 3.05) is 0 Å². The number of aromatic nitrogens is 1. The van der Waals surface area contributed by atoms with Gasteiger partial charge in [-0.25, -0.2) is 9.78 Å². The second-order valence-corrected chi connectivity index (χ2v) is 8.18. The molecule has 0 bridgehead atoms. The molecule has 1 N–H and O–H groups in total. The third kappa shape index (κ3) is 4.20. The average molecular weight is 487 g/mol. The summed E-state index contributed by atoms with van der Waals surface area (Å²) in [4.78, 5) is 16.9. The van der Waals surface area contributed by atoms with E-state index in [1.807, 2.05) is 43.3 Å². The zero-order valence-corrected chi connectivity index (χ0v) is 18.9. The third-order valence-corrected chi connectivity index (χ3v) is 5.60. The molecular weight excluding hydrogens is 468 g/mol. The van der Waals surface area contributed by atoms with Gasteiger partial charge in [-0.1, -0.05) is 59.6 Å². The zero-order chi connectivity index (χ0) is 22.7. The van der Waals surface area contributed by atoms with Gasteiger partial charge >= 0.3 is 5.97 Å². The number of fused-ring (bicyclic) bond motifs is 1. The second-order valence-electron chi connectivity index (χ2n) is 7.26. The molecule has 0 aliphatic carbocycles. The molecule has 4 aromatic rings. The van der Waals surface area contributed by atoms with Crippen LogP contribution in [0.4, 0.5) is 0 Å². The summed E-state index contributed by atoms with van der Waals surface area (Å²) < 4.78 is 6.89. The highest BCUT2D eigenvalue weighted by Crippen LogP contribution is 2.36. The van der Waals surface area contributed by atoms with E-state index in [1.165, 1.54) is 0 Å². The first-order chi connectivity index (χ1) is 15.5. The lowest BCUT2D eigenvalue weighted by atomic mass is 10.0. The van der Waals surface area contributed by atoms with Gasteiger partial charge in [-0.15, -0.1) is 0 Å². The van der Waals surface area contributed by atoms with Crippen LogP contribution in [0, 0.1) is 11.3 Å². The summed E-state index contributed by atoms with van der Waals surface area (Å²) in [5.41, 5.74) is 3.62. The molecule has 0 aliphatic heterocycles. The van der Waals surface area contributed by atoms with Gasteiger partial charge in [-0.2, -0.15) is 5.26 Å². The molecule has 0 spiro atoms. The number of pyridine rings is 1. The van der Waals surface area contributed by atoms with Crippen molar-refractivity contribution in [2.45, 2.75) is 19.8 Å². The van der Waals surface area contributed by atoms with E-state index in [4.69, 9.17) is 4.74 Å². The summed E-state index contributed by atoms with van der Waals surface area (Å²) in [7, 11) is 0. The standard InChI is InChI=1S/C26H19BrN2O3/c1-2-5-23-25(24(26(30)31)21-14-18(27)10-13-22(21)29-23)32-19-11-8-16(9-12-19)20-7-4-3-6-17(20)15-28/h3-4,6-14H,2,5H2,1H3,(H,30,31). The number of carboxylic acid groups (broad SMARTS) is 1. The topological polar surface area (TPSA) is 83.2 Å². The second kappa shape index (κ2) is 9.21. The maximum absolute atomic E-state index is 12.2. The highest BCUT2D eigenvalue weighted by Gasteiger charge is 2.22. The van der Waals surface area contributed by atoms with Crippen LogP contribution in [0.5, 0.6) is 11.5 Å². The Hall–Kier alpha value is -3.69. The molecule has 4 rings (SSSR count). The van der Waals surface area contributed by atoms with Crippen LogP contribution in [0.1, 0.15) is 35.0 Å². The first-order valence-electron chi connectivity index (χ1n) is 10.1. The van der Waals surface area contributed by atoms with Gasteiger partial charge in [0.15, 0.2) is 5.75 Å². The van der Waals surface area contributed by atoms with E-state index < -0.39 is 5.97 Å². The van der Waals surface area contributed by atoms with Crippen LogP contribution in [0.3, 0.4) is 0 Å². The number of rotatable bonds is 6. The van der Waals surface area contributed by atoms with Gasteiger partial charge in [0, 0.05) is 9.86 Å². The number of carbonyl (C=O) groups is 1. The van der Waals surface area contributed by atoms with E-state index in [-0.39, 0.29) is 11.3 Å². The third-order valence-electron chi connectivity index (χ3n) is 5.11. The van der Waals surface area contributed by atoms with Crippen LogP contribution in [0.15, 0.2) is 71.2 Å². The number of carboxylic acids is 1. The van der Waals surface area contributed by atoms with Crippen molar-refractivity contribution in [1.82, 2.24) is 4.98 Å². The fourth-order valence-corrected chi connectivity index (χ4v) is 4.01. The zero-order valence-electron chi connectivity index (χ0n) is 17.3. The van der Waals surface area contributed by atoms with E-state index in [9.17, 15) is 15.2 Å². The summed E-state index contributed by atoms with van der Waals surface area (Å²) >= 11 is 3.41. The molecule has 158 valence electrons. The van der Waals surface area contributed by atoms with Crippen molar-refractivity contribution in [3.8, 4) is 28.7 Å². The molecule has 3 aromatic carbocycles. The molecule has 1 aromatic heterocycles. The Kier molecular flexibility index (Phi) is 6.20. The number of hydrogen-bond donors (Lipinski definition) is 1. The summed E-state index contributed by atoms with van der Waals surface area (Å²) in [6.45, 7) is 2.01. The van der Waals surface area contributed by atoms with Gasteiger partial charge < -0.3 is 9.84 Å². The Morgan fingerprint density at radius 2 is 1.88 bits per heavy atom. The largest absolute Gasteiger partial charge is 0.478 e. The summed E-state index contributed by atoms with van der Waals surface area (Å²) in [6.07, 6.45) is 1.39. The fraction of sp³-hybridized carbons (Fsp3) is 0.115. The lowest BCUT2D eigenvalue weighted by Crippen LogP contribution is -2.07. The molecule has 5 nitrogen and oxygen atoms in total. The van der Waals surface area contributed by atoms with Crippen LogP contribution in [0.25, 0.3) is 22.0 Å². The quantitative estimate of drug-likeness (QED) is 0.317. The first-order valence-corrected chi connectivity index (χ1v) is 10.9. The van der Waals surface area contributed by atoms with Gasteiger partial charge in [0.25, 0.3) is 0 Å². The number of nitriles is 1. The number of aromatic carboxylic acids is 1. The molecule has 6 heteroatoms. The van der Waals surface area contributed by atoms with Crippen molar-refractivity contribution in [3.05, 3.63) is 88.0 Å². The molecule has 0 fully saturated rings. The van der Waals surface area contributed by atoms with Gasteiger partial charge in [0.2, 0.25) is 0 Å². The predicted molar refractivity (Wildman–Crippen MR) is 127 cm³/mol. The molecule has 0 unspecified atom stereocenters. The molecular formula is C26H19BrN2O3. The van der Waals surface area contributed by atoms with Crippen molar-refractivity contribution in [1.29, 1.82) is 5.26 Å². The Morgan fingerprint density at radius 1 is 1.12 bits per heavy atom. The highest BCUT2D eigenvalue weighted by molar-refractivity contribution is 9.10. The molecule has 0 atom stereocenters. The number of benzene rings is 3. The fourth-order valence-electron chi connectivity index (χ4n) is 3.65. The van der Waals surface area contributed by atoms with Crippen LogP contribution >= 0.6 is 15.9 Å². The molecule has 0 saturated heterocycles. The summed E-state index contributed by atoms with van der Waals surface area (Å²) in [5.74, 6) is -0.309. The van der Waals surface area contributed by atoms with Crippen LogP contribution in [0.2, 0.25) is 0 Å². The summed E-state index contributed by atoms with van der Waals surface area (Å²) in [6, 6.07) is 22.2. The minimum Gasteiger partial charge on any atom is -0.478 e. The smallest absolute Gasteiger partial charge is 0.340 e. The van der Waals surface area contributed by atoms with Crippen LogP contribution < -0.4 is 4.74 Å². The minimum absolute atomic E-state index is 0.0960. The van der Waals surface area contributed by atoms with Gasteiger partial charge in [0.05, 0.1) is 22.8 Å². The number of nitrogens with zero attached hydrogens (tertiary/aromatic N) is 2. The van der Waals surface area contributed by atoms with E-state index >= 15 is 0 Å². The molecule has 0 radical (unpaired) electrons. The van der Waals surface area contributed by atoms with Crippen molar-refractivity contribution in [3.63, 3.8) is 0 Å². The van der Waals surface area contributed by atoms with E-state index in [0.717, 1.165) is 22.0 Å². The Bertz CT molecular complexity index is 1360. The van der Waals surface area contributed by atoms with Crippen molar-refractivity contribution in [2.24, 2.45) is 0 Å². The number of halogens is 1. The minimum atomic E-state index is -1.07. The van der Waals surface area contributed by atoms with E-state index in [0.29, 0.717) is 34.3 Å². The lowest BCUT2D eigenvalue weighted by molar-refractivity contribution is 0.0696. The highest BCUT2D eigenvalue weighted by atomic mass is 79.9.